The van der Waals surface area contributed by atoms with Crippen LogP contribution in [0.15, 0.2) is 41.4 Å². The molecule has 142 valence electrons. The van der Waals surface area contributed by atoms with Crippen LogP contribution in [0.25, 0.3) is 0 Å². The van der Waals surface area contributed by atoms with Crippen molar-refractivity contribution in [1.82, 2.24) is 14.9 Å². The summed E-state index contributed by atoms with van der Waals surface area (Å²) in [6.45, 7) is 2.39. The molecule has 8 heteroatoms. The summed E-state index contributed by atoms with van der Waals surface area (Å²) >= 11 is 0.932. The molecule has 3 rings (SSSR count). The fourth-order valence-corrected chi connectivity index (χ4v) is 3.89. The lowest BCUT2D eigenvalue weighted by atomic mass is 9.87. The number of carbonyl (C=O) groups excluding carboxylic acids is 2. The smallest absolute Gasteiger partial charge is 0.286 e. The van der Waals surface area contributed by atoms with Crippen molar-refractivity contribution in [3.8, 4) is 0 Å². The van der Waals surface area contributed by atoms with Gasteiger partial charge in [-0.1, -0.05) is 18.2 Å². The van der Waals surface area contributed by atoms with E-state index < -0.39 is 23.6 Å². The van der Waals surface area contributed by atoms with Crippen LogP contribution in [0.3, 0.4) is 0 Å². The molecule has 0 bridgehead atoms. The summed E-state index contributed by atoms with van der Waals surface area (Å²) in [6, 6.07) is 8.92. The van der Waals surface area contributed by atoms with Gasteiger partial charge in [0.05, 0.1) is 23.7 Å². The highest BCUT2D eigenvalue weighted by Gasteiger charge is 2.48. The van der Waals surface area contributed by atoms with Gasteiger partial charge in [0.15, 0.2) is 5.78 Å². The van der Waals surface area contributed by atoms with E-state index in [1.54, 1.807) is 31.2 Å². The number of amides is 1. The lowest BCUT2D eigenvalue weighted by Crippen LogP contribution is -2.49. The molecule has 0 saturated carbocycles. The predicted octanol–water partition coefficient (Wildman–Crippen LogP) is 4.32. The molecule has 1 aromatic carbocycles. The maximum absolute atomic E-state index is 14.9. The van der Waals surface area contributed by atoms with Crippen molar-refractivity contribution in [2.75, 3.05) is 13.1 Å². The first-order valence-corrected chi connectivity index (χ1v) is 9.33. The minimum atomic E-state index is -3.18. The maximum Gasteiger partial charge on any atom is 0.286 e. The third-order valence-corrected chi connectivity index (χ3v) is 5.39. The van der Waals surface area contributed by atoms with Gasteiger partial charge >= 0.3 is 0 Å². The quantitative estimate of drug-likeness (QED) is 0.576. The lowest BCUT2D eigenvalue weighted by molar-refractivity contribution is -0.0706. The number of piperidine rings is 1. The van der Waals surface area contributed by atoms with Gasteiger partial charge in [-0.15, -0.1) is 0 Å². The zero-order valence-electron chi connectivity index (χ0n) is 15.0. The summed E-state index contributed by atoms with van der Waals surface area (Å²) in [5, 5.41) is -0.412. The Hall–Kier alpha value is -2.35. The van der Waals surface area contributed by atoms with E-state index in [4.69, 9.17) is 0 Å². The SMILES string of the molecule is CC(=O)c1cnc(C)nc1C1CCN(C(=O)Sc2ccccc2)CC1(F)F. The Morgan fingerprint density at radius 3 is 2.59 bits per heavy atom. The van der Waals surface area contributed by atoms with E-state index in [1.807, 2.05) is 6.07 Å². The number of Topliss-reactive ketones (excluding diaryl/α,β-unsaturated/α-hetero) is 1. The molecule has 2 aromatic rings. The van der Waals surface area contributed by atoms with Gasteiger partial charge in [-0.25, -0.2) is 18.7 Å². The summed E-state index contributed by atoms with van der Waals surface area (Å²) in [7, 11) is 0. The average Bonchev–Trinajstić information content (AvgIpc) is 2.61. The molecule has 1 aliphatic heterocycles. The first-order valence-electron chi connectivity index (χ1n) is 8.52. The first-order chi connectivity index (χ1) is 12.8. The maximum atomic E-state index is 14.9. The number of aromatic nitrogens is 2. The molecule has 0 aliphatic carbocycles. The first kappa shape index (κ1) is 19.4. The molecule has 0 radical (unpaired) electrons. The number of aryl methyl sites for hydroxylation is 1. The van der Waals surface area contributed by atoms with Crippen molar-refractivity contribution < 1.29 is 18.4 Å². The van der Waals surface area contributed by atoms with Gasteiger partial charge in [0.25, 0.3) is 11.2 Å². The zero-order valence-corrected chi connectivity index (χ0v) is 15.8. The second-order valence-corrected chi connectivity index (χ2v) is 7.50. The van der Waals surface area contributed by atoms with Gasteiger partial charge in [0, 0.05) is 17.6 Å². The number of hydrogen-bond donors (Lipinski definition) is 0. The average molecular weight is 391 g/mol. The van der Waals surface area contributed by atoms with Crippen molar-refractivity contribution in [2.24, 2.45) is 0 Å². The van der Waals surface area contributed by atoms with E-state index in [2.05, 4.69) is 9.97 Å². The van der Waals surface area contributed by atoms with Gasteiger partial charge in [0.2, 0.25) is 0 Å². The highest BCUT2D eigenvalue weighted by atomic mass is 32.2. The van der Waals surface area contributed by atoms with Crippen LogP contribution < -0.4 is 0 Å². The van der Waals surface area contributed by atoms with Crippen molar-refractivity contribution in [1.29, 1.82) is 0 Å². The molecule has 1 unspecified atom stereocenters. The molecule has 1 aromatic heterocycles. The fourth-order valence-electron chi connectivity index (χ4n) is 3.11. The lowest BCUT2D eigenvalue weighted by Gasteiger charge is -2.38. The van der Waals surface area contributed by atoms with E-state index in [0.717, 1.165) is 16.7 Å². The van der Waals surface area contributed by atoms with Crippen molar-refractivity contribution in [3.63, 3.8) is 0 Å². The Morgan fingerprint density at radius 1 is 1.26 bits per heavy atom. The molecule has 1 saturated heterocycles. The molecule has 1 amide bonds. The van der Waals surface area contributed by atoms with E-state index in [-0.39, 0.29) is 30.0 Å². The molecule has 0 N–H and O–H groups in total. The normalized spacial score (nSPS) is 19.0. The molecule has 1 fully saturated rings. The highest BCUT2D eigenvalue weighted by molar-refractivity contribution is 8.13. The zero-order chi connectivity index (χ0) is 19.6. The van der Waals surface area contributed by atoms with Crippen molar-refractivity contribution in [3.05, 3.63) is 53.6 Å². The molecule has 5 nitrogen and oxygen atoms in total. The molecule has 2 heterocycles. The van der Waals surface area contributed by atoms with E-state index in [9.17, 15) is 18.4 Å². The third kappa shape index (κ3) is 4.32. The summed E-state index contributed by atoms with van der Waals surface area (Å²) < 4.78 is 29.8. The van der Waals surface area contributed by atoms with Gasteiger partial charge in [-0.2, -0.15) is 0 Å². The van der Waals surface area contributed by atoms with Crippen LogP contribution in [0.4, 0.5) is 13.6 Å². The van der Waals surface area contributed by atoms with Gasteiger partial charge in [-0.3, -0.25) is 9.59 Å². The molecule has 0 spiro atoms. The Kier molecular flexibility index (Phi) is 5.55. The standard InChI is InChI=1S/C19H19F2N3O2S/c1-12(25)15-10-22-13(2)23-17(15)16-8-9-24(11-19(16,20)21)18(26)27-14-6-4-3-5-7-14/h3-7,10,16H,8-9,11H2,1-2H3. The monoisotopic (exact) mass is 391 g/mol. The van der Waals surface area contributed by atoms with Gasteiger partial charge in [0.1, 0.15) is 5.82 Å². The Morgan fingerprint density at radius 2 is 1.96 bits per heavy atom. The number of nitrogens with zero attached hydrogens (tertiary/aromatic N) is 3. The number of benzene rings is 1. The molecular weight excluding hydrogens is 372 g/mol. The molecule has 1 atom stereocenters. The minimum Gasteiger partial charge on any atom is -0.327 e. The number of halogens is 2. The van der Waals surface area contributed by atoms with Crippen molar-refractivity contribution in [2.45, 2.75) is 37.0 Å². The predicted molar refractivity (Wildman–Crippen MR) is 98.3 cm³/mol. The number of thioether (sulfide) groups is 1. The number of hydrogen-bond acceptors (Lipinski definition) is 5. The molecular formula is C19H19F2N3O2S. The van der Waals surface area contributed by atoms with Crippen LogP contribution in [0, 0.1) is 6.92 Å². The van der Waals surface area contributed by atoms with Crippen LogP contribution in [0.1, 0.15) is 41.1 Å². The minimum absolute atomic E-state index is 0.0326. The second-order valence-electron chi connectivity index (χ2n) is 6.48. The van der Waals surface area contributed by atoms with Crippen LogP contribution in [-0.2, 0) is 0 Å². The van der Waals surface area contributed by atoms with Crippen LogP contribution >= 0.6 is 11.8 Å². The second kappa shape index (κ2) is 7.72. The molecule has 1 aliphatic rings. The number of rotatable bonds is 3. The van der Waals surface area contributed by atoms with E-state index in [1.165, 1.54) is 13.1 Å². The van der Waals surface area contributed by atoms with Crippen LogP contribution in [0.5, 0.6) is 0 Å². The Balaban J connectivity index is 1.79. The largest absolute Gasteiger partial charge is 0.327 e. The number of carbonyl (C=O) groups is 2. The topological polar surface area (TPSA) is 63.2 Å². The van der Waals surface area contributed by atoms with Crippen LogP contribution in [0.2, 0.25) is 0 Å². The Bertz CT molecular complexity index is 861. The van der Waals surface area contributed by atoms with E-state index in [0.29, 0.717) is 10.7 Å². The van der Waals surface area contributed by atoms with Gasteiger partial charge in [-0.05, 0) is 44.2 Å². The summed E-state index contributed by atoms with van der Waals surface area (Å²) in [5.41, 5.74) is 0.187. The summed E-state index contributed by atoms with van der Waals surface area (Å²) in [4.78, 5) is 34.2. The number of alkyl halides is 2. The number of ketones is 1. The molecule has 27 heavy (non-hydrogen) atoms. The van der Waals surface area contributed by atoms with Crippen LogP contribution in [-0.4, -0.2) is 44.9 Å². The summed E-state index contributed by atoms with van der Waals surface area (Å²) in [5.74, 6) is -4.41. The van der Waals surface area contributed by atoms with Crippen molar-refractivity contribution >= 4 is 22.8 Å². The fraction of sp³-hybridized carbons (Fsp3) is 0.368. The number of likely N-dealkylation sites (tertiary alicyclic amines) is 1. The summed E-state index contributed by atoms with van der Waals surface area (Å²) in [6.07, 6.45) is 1.34. The Labute approximate surface area is 160 Å². The van der Waals surface area contributed by atoms with Gasteiger partial charge < -0.3 is 4.90 Å². The van der Waals surface area contributed by atoms with E-state index >= 15 is 0 Å². The third-order valence-electron chi connectivity index (χ3n) is 4.45. The highest BCUT2D eigenvalue weighted by Crippen LogP contribution is 2.41.